The fourth-order valence-corrected chi connectivity index (χ4v) is 1.98. The first-order valence-electron chi connectivity index (χ1n) is 6.32. The molecule has 0 saturated heterocycles. The van der Waals surface area contributed by atoms with Gasteiger partial charge in [-0.05, 0) is 20.8 Å². The van der Waals surface area contributed by atoms with E-state index in [0.717, 1.165) is 23.5 Å². The fourth-order valence-electron chi connectivity index (χ4n) is 1.98. The summed E-state index contributed by atoms with van der Waals surface area (Å²) >= 11 is 0. The number of amides is 1. The molecule has 0 radical (unpaired) electrons. The molecule has 6 nitrogen and oxygen atoms in total. The number of nitrogens with zero attached hydrogens (tertiary/aromatic N) is 4. The zero-order valence-electron chi connectivity index (χ0n) is 11.8. The number of carbonyl (C=O) groups excluding carboxylic acids is 1. The Morgan fingerprint density at radius 1 is 1.26 bits per heavy atom. The van der Waals surface area contributed by atoms with Gasteiger partial charge in [-0.2, -0.15) is 10.2 Å². The van der Waals surface area contributed by atoms with Crippen molar-refractivity contribution in [2.75, 3.05) is 0 Å². The summed E-state index contributed by atoms with van der Waals surface area (Å²) in [6.45, 7) is 7.13. The van der Waals surface area contributed by atoms with E-state index in [9.17, 15) is 4.79 Å². The summed E-state index contributed by atoms with van der Waals surface area (Å²) in [5.74, 6) is -0.0968. The molecule has 0 unspecified atom stereocenters. The molecule has 0 aliphatic heterocycles. The van der Waals surface area contributed by atoms with Crippen LogP contribution in [0.1, 0.15) is 34.2 Å². The van der Waals surface area contributed by atoms with Crippen molar-refractivity contribution in [3.63, 3.8) is 0 Å². The van der Waals surface area contributed by atoms with Crippen LogP contribution in [0.4, 0.5) is 0 Å². The van der Waals surface area contributed by atoms with Crippen LogP contribution in [-0.4, -0.2) is 25.5 Å². The molecule has 19 heavy (non-hydrogen) atoms. The van der Waals surface area contributed by atoms with E-state index in [0.29, 0.717) is 12.1 Å². The van der Waals surface area contributed by atoms with Crippen LogP contribution >= 0.6 is 0 Å². The van der Waals surface area contributed by atoms with E-state index >= 15 is 0 Å². The first-order valence-corrected chi connectivity index (χ1v) is 6.32. The molecule has 0 saturated carbocycles. The van der Waals surface area contributed by atoms with Crippen molar-refractivity contribution < 1.29 is 4.79 Å². The van der Waals surface area contributed by atoms with Crippen molar-refractivity contribution in [2.24, 2.45) is 7.05 Å². The molecule has 0 atom stereocenters. The Hall–Kier alpha value is -2.11. The molecule has 1 N–H and O–H groups in total. The standard InChI is InChI=1S/C13H19N5O/c1-5-18-10(3)12(8-16-18)13(19)14-6-11-7-15-17(4)9(11)2/h7-8H,5-6H2,1-4H3,(H,14,19). The van der Waals surface area contributed by atoms with Gasteiger partial charge in [-0.1, -0.05) is 0 Å². The molecule has 6 heteroatoms. The first kappa shape index (κ1) is 13.3. The maximum atomic E-state index is 12.1. The average Bonchev–Trinajstić information content (AvgIpc) is 2.92. The summed E-state index contributed by atoms with van der Waals surface area (Å²) < 4.78 is 3.60. The van der Waals surface area contributed by atoms with Gasteiger partial charge in [-0.25, -0.2) is 0 Å². The molecule has 0 aromatic carbocycles. The number of rotatable bonds is 4. The van der Waals surface area contributed by atoms with Crippen molar-refractivity contribution in [3.05, 3.63) is 34.9 Å². The second-order valence-corrected chi connectivity index (χ2v) is 4.52. The van der Waals surface area contributed by atoms with Crippen LogP contribution in [0.25, 0.3) is 0 Å². The number of hydrogen-bond donors (Lipinski definition) is 1. The minimum atomic E-state index is -0.0968. The molecule has 0 aliphatic rings. The molecule has 102 valence electrons. The summed E-state index contributed by atoms with van der Waals surface area (Å²) in [7, 11) is 1.89. The fraction of sp³-hybridized carbons (Fsp3) is 0.462. The minimum absolute atomic E-state index is 0.0968. The van der Waals surface area contributed by atoms with Gasteiger partial charge < -0.3 is 5.32 Å². The third kappa shape index (κ3) is 2.52. The van der Waals surface area contributed by atoms with E-state index in [2.05, 4.69) is 15.5 Å². The highest BCUT2D eigenvalue weighted by Crippen LogP contribution is 2.09. The summed E-state index contributed by atoms with van der Waals surface area (Å²) in [4.78, 5) is 12.1. The van der Waals surface area contributed by atoms with E-state index in [1.54, 1.807) is 17.1 Å². The van der Waals surface area contributed by atoms with Crippen molar-refractivity contribution in [1.29, 1.82) is 0 Å². The second-order valence-electron chi connectivity index (χ2n) is 4.52. The Morgan fingerprint density at radius 2 is 2.00 bits per heavy atom. The van der Waals surface area contributed by atoms with E-state index in [1.165, 1.54) is 0 Å². The third-order valence-corrected chi connectivity index (χ3v) is 3.42. The molecular formula is C13H19N5O. The molecule has 0 bridgehead atoms. The number of hydrogen-bond acceptors (Lipinski definition) is 3. The van der Waals surface area contributed by atoms with E-state index in [-0.39, 0.29) is 5.91 Å². The molecule has 2 heterocycles. The lowest BCUT2D eigenvalue weighted by Gasteiger charge is -2.05. The Kier molecular flexibility index (Phi) is 3.69. The summed E-state index contributed by atoms with van der Waals surface area (Å²) in [5, 5.41) is 11.2. The van der Waals surface area contributed by atoms with Crippen molar-refractivity contribution in [1.82, 2.24) is 24.9 Å². The summed E-state index contributed by atoms with van der Waals surface area (Å²) in [5.41, 5.74) is 3.60. The van der Waals surface area contributed by atoms with Crippen LogP contribution in [0, 0.1) is 13.8 Å². The third-order valence-electron chi connectivity index (χ3n) is 3.42. The van der Waals surface area contributed by atoms with Crippen molar-refractivity contribution in [2.45, 2.75) is 33.9 Å². The molecule has 0 fully saturated rings. The average molecular weight is 261 g/mol. The highest BCUT2D eigenvalue weighted by molar-refractivity contribution is 5.94. The predicted octanol–water partition coefficient (Wildman–Crippen LogP) is 1.18. The van der Waals surface area contributed by atoms with Gasteiger partial charge in [0.2, 0.25) is 0 Å². The lowest BCUT2D eigenvalue weighted by Crippen LogP contribution is -2.23. The summed E-state index contributed by atoms with van der Waals surface area (Å²) in [6.07, 6.45) is 3.39. The van der Waals surface area contributed by atoms with E-state index in [1.807, 2.05) is 32.5 Å². The SMILES string of the molecule is CCn1ncc(C(=O)NCc2cnn(C)c2C)c1C. The molecule has 0 spiro atoms. The molecule has 2 aromatic heterocycles. The Morgan fingerprint density at radius 3 is 2.53 bits per heavy atom. The number of carbonyl (C=O) groups is 1. The van der Waals surface area contributed by atoms with Crippen LogP contribution in [0.15, 0.2) is 12.4 Å². The van der Waals surface area contributed by atoms with Gasteiger partial charge >= 0.3 is 0 Å². The Balaban J connectivity index is 2.05. The second kappa shape index (κ2) is 5.26. The minimum Gasteiger partial charge on any atom is -0.348 e. The maximum absolute atomic E-state index is 12.1. The normalized spacial score (nSPS) is 10.7. The van der Waals surface area contributed by atoms with Crippen LogP contribution in [0.3, 0.4) is 0 Å². The summed E-state index contributed by atoms with van der Waals surface area (Å²) in [6, 6.07) is 0. The number of aryl methyl sites for hydroxylation is 2. The van der Waals surface area contributed by atoms with E-state index in [4.69, 9.17) is 0 Å². The van der Waals surface area contributed by atoms with Gasteiger partial charge in [0, 0.05) is 37.1 Å². The number of nitrogens with one attached hydrogen (secondary N) is 1. The molecule has 1 amide bonds. The van der Waals surface area contributed by atoms with Gasteiger partial charge in [0.1, 0.15) is 0 Å². The van der Waals surface area contributed by atoms with Crippen LogP contribution < -0.4 is 5.32 Å². The topological polar surface area (TPSA) is 64.7 Å². The van der Waals surface area contributed by atoms with Crippen molar-refractivity contribution in [3.8, 4) is 0 Å². The lowest BCUT2D eigenvalue weighted by atomic mass is 10.2. The molecular weight excluding hydrogens is 242 g/mol. The quantitative estimate of drug-likeness (QED) is 0.899. The number of aromatic nitrogens is 4. The molecule has 0 aliphatic carbocycles. The predicted molar refractivity (Wildman–Crippen MR) is 71.8 cm³/mol. The van der Waals surface area contributed by atoms with Crippen molar-refractivity contribution >= 4 is 5.91 Å². The van der Waals surface area contributed by atoms with Gasteiger partial charge in [-0.3, -0.25) is 14.2 Å². The van der Waals surface area contributed by atoms with Crippen LogP contribution in [0.2, 0.25) is 0 Å². The van der Waals surface area contributed by atoms with Gasteiger partial charge in [0.15, 0.2) is 0 Å². The first-order chi connectivity index (χ1) is 9.04. The van der Waals surface area contributed by atoms with Gasteiger partial charge in [-0.15, -0.1) is 0 Å². The maximum Gasteiger partial charge on any atom is 0.255 e. The van der Waals surface area contributed by atoms with E-state index < -0.39 is 0 Å². The smallest absolute Gasteiger partial charge is 0.255 e. The zero-order valence-corrected chi connectivity index (χ0v) is 11.8. The van der Waals surface area contributed by atoms with Crippen LogP contribution in [-0.2, 0) is 20.1 Å². The Labute approximate surface area is 112 Å². The zero-order chi connectivity index (χ0) is 14.0. The van der Waals surface area contributed by atoms with Crippen LogP contribution in [0.5, 0.6) is 0 Å². The van der Waals surface area contributed by atoms with Gasteiger partial charge in [0.05, 0.1) is 18.0 Å². The highest BCUT2D eigenvalue weighted by atomic mass is 16.1. The lowest BCUT2D eigenvalue weighted by molar-refractivity contribution is 0.0950. The Bertz CT molecular complexity index is 596. The monoisotopic (exact) mass is 261 g/mol. The molecule has 2 aromatic rings. The molecule has 2 rings (SSSR count). The van der Waals surface area contributed by atoms with Gasteiger partial charge in [0.25, 0.3) is 5.91 Å². The highest BCUT2D eigenvalue weighted by Gasteiger charge is 2.14. The largest absolute Gasteiger partial charge is 0.348 e.